The predicted octanol–water partition coefficient (Wildman–Crippen LogP) is 3.80. The molecule has 1 aromatic carbocycles. The molecule has 4 saturated carbocycles. The molecule has 0 spiro atoms. The number of hydrogen-bond donors (Lipinski definition) is 1. The molecule has 1 aromatic rings. The van der Waals surface area contributed by atoms with Crippen LogP contribution in [0, 0.1) is 23.2 Å². The van der Waals surface area contributed by atoms with E-state index in [0.29, 0.717) is 23.5 Å². The molecule has 0 aromatic heterocycles. The first-order valence-corrected chi connectivity index (χ1v) is 9.77. The third-order valence-electron chi connectivity index (χ3n) is 6.33. The maximum atomic E-state index is 12.3. The Kier molecular flexibility index (Phi) is 4.61. The molecule has 4 bridgehead atoms. The summed E-state index contributed by atoms with van der Waals surface area (Å²) >= 11 is 0. The maximum absolute atomic E-state index is 12.3. The molecule has 4 heteroatoms. The van der Waals surface area contributed by atoms with Gasteiger partial charge in [0.2, 0.25) is 0 Å². The Morgan fingerprint density at radius 3 is 2.16 bits per heavy atom. The molecule has 0 atom stereocenters. The third-order valence-corrected chi connectivity index (χ3v) is 6.33. The second kappa shape index (κ2) is 6.89. The quantitative estimate of drug-likeness (QED) is 0.819. The summed E-state index contributed by atoms with van der Waals surface area (Å²) in [5, 5.41) is 3.16. The van der Waals surface area contributed by atoms with Crippen LogP contribution in [0.25, 0.3) is 0 Å². The first-order chi connectivity index (χ1) is 12.2. The molecule has 0 aliphatic heterocycles. The van der Waals surface area contributed by atoms with Crippen LogP contribution in [-0.2, 0) is 4.79 Å². The average molecular weight is 343 g/mol. The van der Waals surface area contributed by atoms with Gasteiger partial charge in [-0.15, -0.1) is 0 Å². The third kappa shape index (κ3) is 3.63. The molecule has 136 valence electrons. The van der Waals surface area contributed by atoms with Crippen LogP contribution in [-0.4, -0.2) is 25.7 Å². The number of rotatable bonds is 7. The Hall–Kier alpha value is -1.71. The van der Waals surface area contributed by atoms with Crippen molar-refractivity contribution in [3.8, 4) is 11.5 Å². The highest BCUT2D eigenvalue weighted by Crippen LogP contribution is 2.59. The van der Waals surface area contributed by atoms with Crippen molar-refractivity contribution < 1.29 is 14.3 Å². The highest BCUT2D eigenvalue weighted by atomic mass is 16.5. The lowest BCUT2D eigenvalue weighted by Crippen LogP contribution is -2.51. The molecule has 0 radical (unpaired) electrons. The van der Waals surface area contributed by atoms with Gasteiger partial charge in [0.15, 0.2) is 18.1 Å². The van der Waals surface area contributed by atoms with Crippen LogP contribution in [0.15, 0.2) is 24.3 Å². The number of hydrogen-bond acceptors (Lipinski definition) is 3. The molecular formula is C21H29NO3. The molecule has 0 saturated heterocycles. The van der Waals surface area contributed by atoms with Crippen molar-refractivity contribution in [1.29, 1.82) is 0 Å². The van der Waals surface area contributed by atoms with Gasteiger partial charge in [-0.3, -0.25) is 4.79 Å². The van der Waals surface area contributed by atoms with Crippen LogP contribution in [0.4, 0.5) is 0 Å². The van der Waals surface area contributed by atoms with Gasteiger partial charge in [0.1, 0.15) is 0 Å². The number of benzene rings is 1. The first kappa shape index (κ1) is 16.7. The lowest BCUT2D eigenvalue weighted by atomic mass is 9.49. The molecule has 4 aliphatic carbocycles. The minimum absolute atomic E-state index is 0.0259. The van der Waals surface area contributed by atoms with E-state index in [-0.39, 0.29) is 12.5 Å². The van der Waals surface area contributed by atoms with E-state index in [2.05, 4.69) is 5.32 Å². The molecule has 1 N–H and O–H groups in total. The topological polar surface area (TPSA) is 47.6 Å². The zero-order valence-corrected chi connectivity index (χ0v) is 15.1. The minimum Gasteiger partial charge on any atom is -0.490 e. The van der Waals surface area contributed by atoms with Crippen molar-refractivity contribution in [2.24, 2.45) is 23.2 Å². The molecule has 25 heavy (non-hydrogen) atoms. The monoisotopic (exact) mass is 343 g/mol. The summed E-state index contributed by atoms with van der Waals surface area (Å²) in [5.74, 6) is 4.04. The van der Waals surface area contributed by atoms with Crippen LogP contribution in [0.1, 0.15) is 45.4 Å². The largest absolute Gasteiger partial charge is 0.490 e. The zero-order valence-electron chi connectivity index (χ0n) is 15.1. The van der Waals surface area contributed by atoms with Gasteiger partial charge in [0.05, 0.1) is 6.61 Å². The molecule has 4 nitrogen and oxygen atoms in total. The fourth-order valence-corrected chi connectivity index (χ4v) is 5.83. The highest BCUT2D eigenvalue weighted by molar-refractivity contribution is 5.77. The molecule has 4 aliphatic rings. The van der Waals surface area contributed by atoms with Gasteiger partial charge in [-0.05, 0) is 80.8 Å². The second-order valence-electron chi connectivity index (χ2n) is 8.36. The van der Waals surface area contributed by atoms with E-state index in [9.17, 15) is 4.79 Å². The van der Waals surface area contributed by atoms with E-state index in [1.165, 1.54) is 38.5 Å². The van der Waals surface area contributed by atoms with Gasteiger partial charge < -0.3 is 14.8 Å². The molecule has 5 rings (SSSR count). The van der Waals surface area contributed by atoms with Gasteiger partial charge in [-0.2, -0.15) is 0 Å². The second-order valence-corrected chi connectivity index (χ2v) is 8.36. The Morgan fingerprint density at radius 1 is 1.04 bits per heavy atom. The highest BCUT2D eigenvalue weighted by Gasteiger charge is 2.50. The fraction of sp³-hybridized carbons (Fsp3) is 0.667. The van der Waals surface area contributed by atoms with Gasteiger partial charge in [-0.25, -0.2) is 0 Å². The number of carbonyl (C=O) groups is 1. The van der Waals surface area contributed by atoms with E-state index in [1.807, 2.05) is 31.2 Å². The summed E-state index contributed by atoms with van der Waals surface area (Å²) < 4.78 is 11.2. The van der Waals surface area contributed by atoms with Gasteiger partial charge >= 0.3 is 0 Å². The molecular weight excluding hydrogens is 314 g/mol. The molecule has 4 fully saturated rings. The van der Waals surface area contributed by atoms with E-state index in [0.717, 1.165) is 24.3 Å². The molecule has 1 amide bonds. The summed E-state index contributed by atoms with van der Waals surface area (Å²) in [5.41, 5.74) is 0.369. The van der Waals surface area contributed by atoms with Crippen molar-refractivity contribution in [1.82, 2.24) is 5.32 Å². The number of carbonyl (C=O) groups excluding carboxylic acids is 1. The van der Waals surface area contributed by atoms with Crippen molar-refractivity contribution in [3.05, 3.63) is 24.3 Å². The van der Waals surface area contributed by atoms with E-state index >= 15 is 0 Å². The first-order valence-electron chi connectivity index (χ1n) is 9.77. The standard InChI is InChI=1S/C21H29NO3/c1-2-24-18-5-3-4-6-19(18)25-13-20(23)22-14-21-10-15-7-16(11-21)9-17(8-15)12-21/h3-6,15-17H,2,7-14H2,1H3,(H,22,23). The summed E-state index contributed by atoms with van der Waals surface area (Å²) in [6, 6.07) is 7.51. The summed E-state index contributed by atoms with van der Waals surface area (Å²) in [4.78, 5) is 12.3. The van der Waals surface area contributed by atoms with Crippen molar-refractivity contribution in [2.75, 3.05) is 19.8 Å². The SMILES string of the molecule is CCOc1ccccc1OCC(=O)NCC12CC3CC(CC(C3)C1)C2. The van der Waals surface area contributed by atoms with Crippen molar-refractivity contribution in [3.63, 3.8) is 0 Å². The Bertz CT molecular complexity index is 592. The van der Waals surface area contributed by atoms with Crippen LogP contribution in [0.2, 0.25) is 0 Å². The Morgan fingerprint density at radius 2 is 1.60 bits per heavy atom. The maximum Gasteiger partial charge on any atom is 0.257 e. The fourth-order valence-electron chi connectivity index (χ4n) is 5.83. The minimum atomic E-state index is -0.0259. The van der Waals surface area contributed by atoms with Crippen LogP contribution >= 0.6 is 0 Å². The summed E-state index contributed by atoms with van der Waals surface area (Å²) in [7, 11) is 0. The number of para-hydroxylation sites is 2. The van der Waals surface area contributed by atoms with Gasteiger partial charge in [0, 0.05) is 6.54 Å². The molecule has 0 unspecified atom stereocenters. The Labute approximate surface area is 150 Å². The summed E-state index contributed by atoms with van der Waals surface area (Å²) in [6.07, 6.45) is 8.24. The lowest BCUT2D eigenvalue weighted by molar-refractivity contribution is -0.125. The smallest absolute Gasteiger partial charge is 0.257 e. The lowest BCUT2D eigenvalue weighted by Gasteiger charge is -2.56. The van der Waals surface area contributed by atoms with Gasteiger partial charge in [-0.1, -0.05) is 12.1 Å². The number of nitrogens with one attached hydrogen (secondary N) is 1. The van der Waals surface area contributed by atoms with Crippen LogP contribution in [0.5, 0.6) is 11.5 Å². The zero-order chi connectivity index (χ0) is 17.3. The number of amides is 1. The predicted molar refractivity (Wildman–Crippen MR) is 96.7 cm³/mol. The van der Waals surface area contributed by atoms with Crippen molar-refractivity contribution in [2.45, 2.75) is 45.4 Å². The van der Waals surface area contributed by atoms with E-state index < -0.39 is 0 Å². The van der Waals surface area contributed by atoms with Crippen LogP contribution in [0.3, 0.4) is 0 Å². The van der Waals surface area contributed by atoms with E-state index in [1.54, 1.807) is 0 Å². The van der Waals surface area contributed by atoms with Crippen LogP contribution < -0.4 is 14.8 Å². The Balaban J connectivity index is 1.29. The molecule has 0 heterocycles. The van der Waals surface area contributed by atoms with Gasteiger partial charge in [0.25, 0.3) is 5.91 Å². The number of ether oxygens (including phenoxy) is 2. The summed E-state index contributed by atoms with van der Waals surface area (Å²) in [6.45, 7) is 3.40. The average Bonchev–Trinajstić information content (AvgIpc) is 2.58. The van der Waals surface area contributed by atoms with E-state index in [4.69, 9.17) is 9.47 Å². The normalized spacial score (nSPS) is 32.4. The van der Waals surface area contributed by atoms with Crippen molar-refractivity contribution >= 4 is 5.91 Å².